The fraction of sp³-hybridized carbons (Fsp3) is 0.438. The molecule has 1 fully saturated rings. The fourth-order valence-corrected chi connectivity index (χ4v) is 2.22. The van der Waals surface area contributed by atoms with Crippen LogP contribution in [-0.2, 0) is 9.53 Å². The maximum absolute atomic E-state index is 11.7. The summed E-state index contributed by atoms with van der Waals surface area (Å²) in [7, 11) is 1.63. The maximum atomic E-state index is 11.7. The highest BCUT2D eigenvalue weighted by molar-refractivity contribution is 5.91. The SMILES string of the molecule is COc1ccc(C=CC(=O)NCC[NH+]2CCOCC2)cc1. The van der Waals surface area contributed by atoms with Crippen LogP contribution in [0.4, 0.5) is 0 Å². The summed E-state index contributed by atoms with van der Waals surface area (Å²) in [5, 5.41) is 2.91. The van der Waals surface area contributed by atoms with Crippen LogP contribution in [0, 0.1) is 0 Å². The highest BCUT2D eigenvalue weighted by Gasteiger charge is 2.12. The fourth-order valence-electron chi connectivity index (χ4n) is 2.22. The first-order chi connectivity index (χ1) is 10.3. The van der Waals surface area contributed by atoms with Gasteiger partial charge < -0.3 is 19.7 Å². The van der Waals surface area contributed by atoms with Gasteiger partial charge in [0.05, 0.1) is 33.4 Å². The molecule has 0 unspecified atom stereocenters. The number of nitrogens with one attached hydrogen (secondary N) is 2. The van der Waals surface area contributed by atoms with Gasteiger partial charge in [0, 0.05) is 6.08 Å². The Morgan fingerprint density at radius 2 is 2.05 bits per heavy atom. The largest absolute Gasteiger partial charge is 0.497 e. The maximum Gasteiger partial charge on any atom is 0.244 e. The normalized spacial score (nSPS) is 16.0. The molecule has 0 saturated carbocycles. The topological polar surface area (TPSA) is 52.0 Å². The lowest BCUT2D eigenvalue weighted by atomic mass is 10.2. The molecule has 5 heteroatoms. The standard InChI is InChI=1S/C16H22N2O3/c1-20-15-5-2-14(3-6-15)4-7-16(19)17-8-9-18-10-12-21-13-11-18/h2-7H,8-13H2,1H3,(H,17,19)/p+1. The van der Waals surface area contributed by atoms with E-state index < -0.39 is 0 Å². The molecule has 0 aromatic heterocycles. The first-order valence-electron chi connectivity index (χ1n) is 7.29. The Balaban J connectivity index is 1.69. The highest BCUT2D eigenvalue weighted by atomic mass is 16.5. The lowest BCUT2D eigenvalue weighted by Crippen LogP contribution is -3.14. The molecule has 5 nitrogen and oxygen atoms in total. The summed E-state index contributed by atoms with van der Waals surface area (Å²) in [5.41, 5.74) is 0.977. The molecule has 1 heterocycles. The van der Waals surface area contributed by atoms with E-state index in [0.717, 1.165) is 44.2 Å². The van der Waals surface area contributed by atoms with Crippen LogP contribution in [0.1, 0.15) is 5.56 Å². The van der Waals surface area contributed by atoms with Crippen molar-refractivity contribution in [3.8, 4) is 5.75 Å². The number of benzene rings is 1. The molecule has 1 aromatic carbocycles. The van der Waals surface area contributed by atoms with E-state index >= 15 is 0 Å². The molecule has 114 valence electrons. The summed E-state index contributed by atoms with van der Waals surface area (Å²) < 4.78 is 10.4. The highest BCUT2D eigenvalue weighted by Crippen LogP contribution is 2.11. The van der Waals surface area contributed by atoms with E-state index in [9.17, 15) is 4.79 Å². The summed E-state index contributed by atoms with van der Waals surface area (Å²) in [4.78, 5) is 13.2. The van der Waals surface area contributed by atoms with Gasteiger partial charge in [0.2, 0.25) is 5.91 Å². The lowest BCUT2D eigenvalue weighted by molar-refractivity contribution is -0.906. The van der Waals surface area contributed by atoms with Crippen LogP contribution in [-0.4, -0.2) is 52.4 Å². The van der Waals surface area contributed by atoms with Crippen LogP contribution in [0.25, 0.3) is 6.08 Å². The quantitative estimate of drug-likeness (QED) is 0.710. The van der Waals surface area contributed by atoms with Crippen molar-refractivity contribution in [1.82, 2.24) is 5.32 Å². The molecule has 1 saturated heterocycles. The third kappa shape index (κ3) is 5.57. The van der Waals surface area contributed by atoms with E-state index in [4.69, 9.17) is 9.47 Å². The van der Waals surface area contributed by atoms with E-state index in [1.807, 2.05) is 24.3 Å². The first-order valence-corrected chi connectivity index (χ1v) is 7.29. The number of hydrogen-bond acceptors (Lipinski definition) is 3. The molecule has 2 N–H and O–H groups in total. The third-order valence-electron chi connectivity index (χ3n) is 3.52. The minimum absolute atomic E-state index is 0.0570. The van der Waals surface area contributed by atoms with Gasteiger partial charge >= 0.3 is 0 Å². The number of methoxy groups -OCH3 is 1. The summed E-state index contributed by atoms with van der Waals surface area (Å²) in [6, 6.07) is 7.58. The van der Waals surface area contributed by atoms with Crippen LogP contribution in [0.2, 0.25) is 0 Å². The first kappa shape index (κ1) is 15.5. The van der Waals surface area contributed by atoms with Crippen molar-refractivity contribution in [2.75, 3.05) is 46.5 Å². The average molecular weight is 291 g/mol. The third-order valence-corrected chi connectivity index (χ3v) is 3.52. The van der Waals surface area contributed by atoms with Gasteiger partial charge in [-0.05, 0) is 23.8 Å². The van der Waals surface area contributed by atoms with E-state index in [1.165, 1.54) is 4.90 Å². The van der Waals surface area contributed by atoms with Gasteiger partial charge in [-0.15, -0.1) is 0 Å². The molecule has 0 radical (unpaired) electrons. The average Bonchev–Trinajstić information content (AvgIpc) is 2.54. The summed E-state index contributed by atoms with van der Waals surface area (Å²) in [6.07, 6.45) is 3.37. The molecule has 0 aliphatic carbocycles. The molecule has 0 bridgehead atoms. The second kappa shape index (κ2) is 8.44. The van der Waals surface area contributed by atoms with E-state index in [-0.39, 0.29) is 5.91 Å². The summed E-state index contributed by atoms with van der Waals surface area (Å²) in [6.45, 7) is 5.34. The van der Waals surface area contributed by atoms with E-state index in [1.54, 1.807) is 19.3 Å². The molecule has 2 rings (SSSR count). The van der Waals surface area contributed by atoms with Crippen molar-refractivity contribution in [2.45, 2.75) is 0 Å². The molecule has 1 amide bonds. The van der Waals surface area contributed by atoms with Gasteiger partial charge in [-0.25, -0.2) is 0 Å². The zero-order chi connectivity index (χ0) is 14.9. The van der Waals surface area contributed by atoms with Crippen molar-refractivity contribution >= 4 is 12.0 Å². The molecule has 1 aromatic rings. The molecule has 0 spiro atoms. The van der Waals surface area contributed by atoms with Crippen LogP contribution >= 0.6 is 0 Å². The van der Waals surface area contributed by atoms with Gasteiger partial charge in [0.1, 0.15) is 18.8 Å². The lowest BCUT2D eigenvalue weighted by Gasteiger charge is -2.23. The Hall–Kier alpha value is -1.85. The molecule has 0 atom stereocenters. The van der Waals surface area contributed by atoms with Crippen LogP contribution in [0.15, 0.2) is 30.3 Å². The van der Waals surface area contributed by atoms with E-state index in [0.29, 0.717) is 6.54 Å². The minimum atomic E-state index is -0.0570. The molecule has 1 aliphatic heterocycles. The number of ether oxygens (including phenoxy) is 2. The predicted octanol–water partition coefficient (Wildman–Crippen LogP) is -0.260. The Morgan fingerprint density at radius 3 is 2.71 bits per heavy atom. The smallest absolute Gasteiger partial charge is 0.244 e. The number of quaternary nitrogens is 1. The molecular weight excluding hydrogens is 268 g/mol. The van der Waals surface area contributed by atoms with E-state index in [2.05, 4.69) is 5.32 Å². The second-order valence-corrected chi connectivity index (χ2v) is 5.01. The Bertz CT molecular complexity index is 465. The monoisotopic (exact) mass is 291 g/mol. The van der Waals surface area contributed by atoms with Gasteiger partial charge in [-0.1, -0.05) is 12.1 Å². The van der Waals surface area contributed by atoms with Crippen molar-refractivity contribution in [3.05, 3.63) is 35.9 Å². The van der Waals surface area contributed by atoms with Gasteiger partial charge in [-0.3, -0.25) is 4.79 Å². The van der Waals surface area contributed by atoms with Crippen molar-refractivity contribution in [1.29, 1.82) is 0 Å². The minimum Gasteiger partial charge on any atom is -0.497 e. The second-order valence-electron chi connectivity index (χ2n) is 5.01. The molecule has 1 aliphatic rings. The molecular formula is C16H23N2O3+. The van der Waals surface area contributed by atoms with Crippen molar-refractivity contribution < 1.29 is 19.2 Å². The Kier molecular flexibility index (Phi) is 6.24. The van der Waals surface area contributed by atoms with Crippen LogP contribution in [0.5, 0.6) is 5.75 Å². The van der Waals surface area contributed by atoms with Crippen LogP contribution in [0.3, 0.4) is 0 Å². The zero-order valence-electron chi connectivity index (χ0n) is 12.4. The van der Waals surface area contributed by atoms with Gasteiger partial charge in [0.25, 0.3) is 0 Å². The Labute approximate surface area is 125 Å². The number of morpholine rings is 1. The van der Waals surface area contributed by atoms with Gasteiger partial charge in [-0.2, -0.15) is 0 Å². The zero-order valence-corrected chi connectivity index (χ0v) is 12.4. The number of rotatable bonds is 6. The van der Waals surface area contributed by atoms with Crippen LogP contribution < -0.4 is 15.0 Å². The predicted molar refractivity (Wildman–Crippen MR) is 81.4 cm³/mol. The van der Waals surface area contributed by atoms with Crippen molar-refractivity contribution in [3.63, 3.8) is 0 Å². The number of carbonyl (C=O) groups excluding carboxylic acids is 1. The Morgan fingerprint density at radius 1 is 1.33 bits per heavy atom. The van der Waals surface area contributed by atoms with Crippen molar-refractivity contribution in [2.24, 2.45) is 0 Å². The summed E-state index contributed by atoms with van der Waals surface area (Å²) in [5.74, 6) is 0.753. The summed E-state index contributed by atoms with van der Waals surface area (Å²) >= 11 is 0. The number of carbonyl (C=O) groups is 1. The number of hydrogen-bond donors (Lipinski definition) is 2. The molecule has 21 heavy (non-hydrogen) atoms. The van der Waals surface area contributed by atoms with Gasteiger partial charge in [0.15, 0.2) is 0 Å². The number of amides is 1.